The van der Waals surface area contributed by atoms with E-state index in [1.54, 1.807) is 0 Å². The van der Waals surface area contributed by atoms with Gasteiger partial charge in [-0.15, -0.1) is 0 Å². The minimum atomic E-state index is -0.723. The van der Waals surface area contributed by atoms with Gasteiger partial charge in [-0.05, 0) is 37.5 Å². The van der Waals surface area contributed by atoms with Gasteiger partial charge in [0.15, 0.2) is 0 Å². The number of hydrogen-bond donors (Lipinski definition) is 2. The van der Waals surface area contributed by atoms with Crippen LogP contribution in [0.1, 0.15) is 39.3 Å². The second-order valence-electron chi connectivity index (χ2n) is 5.14. The highest BCUT2D eigenvalue weighted by Crippen LogP contribution is 2.23. The molecule has 1 rings (SSSR count). The molecule has 3 nitrogen and oxygen atoms in total. The third kappa shape index (κ3) is 3.24. The van der Waals surface area contributed by atoms with Gasteiger partial charge in [-0.1, -0.05) is 37.6 Å². The molecule has 0 aliphatic carbocycles. The third-order valence-corrected chi connectivity index (χ3v) is 3.80. The van der Waals surface area contributed by atoms with Crippen LogP contribution >= 0.6 is 11.6 Å². The first kappa shape index (κ1) is 15.0. The molecule has 100 valence electrons. The number of benzene rings is 1. The Balaban J connectivity index is 2.88. The van der Waals surface area contributed by atoms with Crippen molar-refractivity contribution in [3.8, 4) is 0 Å². The van der Waals surface area contributed by atoms with Crippen LogP contribution < -0.4 is 11.1 Å². The summed E-state index contributed by atoms with van der Waals surface area (Å²) < 4.78 is 0. The highest BCUT2D eigenvalue weighted by atomic mass is 35.5. The summed E-state index contributed by atoms with van der Waals surface area (Å²) in [6.45, 7) is 7.80. The summed E-state index contributed by atoms with van der Waals surface area (Å²) in [4.78, 5) is 11.6. The molecule has 0 saturated heterocycles. The zero-order chi connectivity index (χ0) is 13.9. The molecule has 0 aromatic heterocycles. The molecule has 2 atom stereocenters. The summed E-state index contributed by atoms with van der Waals surface area (Å²) >= 11 is 5.86. The van der Waals surface area contributed by atoms with E-state index in [-0.39, 0.29) is 17.9 Å². The Morgan fingerprint density at radius 2 is 1.78 bits per heavy atom. The molecule has 3 N–H and O–H groups in total. The van der Waals surface area contributed by atoms with Gasteiger partial charge >= 0.3 is 0 Å². The minimum Gasteiger partial charge on any atom is -0.368 e. The Bertz CT molecular complexity index is 416. The number of rotatable bonds is 5. The molecule has 1 amide bonds. The molecule has 1 aromatic carbocycles. The van der Waals surface area contributed by atoms with Crippen molar-refractivity contribution in [3.05, 3.63) is 34.9 Å². The van der Waals surface area contributed by atoms with Gasteiger partial charge in [-0.25, -0.2) is 0 Å². The summed E-state index contributed by atoms with van der Waals surface area (Å²) in [5, 5.41) is 4.01. The van der Waals surface area contributed by atoms with Crippen LogP contribution in [0.15, 0.2) is 24.3 Å². The maximum atomic E-state index is 11.6. The van der Waals surface area contributed by atoms with Crippen molar-refractivity contribution in [3.63, 3.8) is 0 Å². The standard InChI is InChI=1S/C14H21ClN2O/c1-9(2)14(4,13(16)18)17-10(3)11-5-7-12(15)8-6-11/h5-10,17H,1-4H3,(H2,16,18). The fraction of sp³-hybridized carbons (Fsp3) is 0.500. The van der Waals surface area contributed by atoms with E-state index >= 15 is 0 Å². The minimum absolute atomic E-state index is 0.0298. The summed E-state index contributed by atoms with van der Waals surface area (Å²) in [6.07, 6.45) is 0. The van der Waals surface area contributed by atoms with E-state index in [1.807, 2.05) is 52.0 Å². The largest absolute Gasteiger partial charge is 0.368 e. The number of primary amides is 1. The highest BCUT2D eigenvalue weighted by molar-refractivity contribution is 6.30. The quantitative estimate of drug-likeness (QED) is 0.863. The van der Waals surface area contributed by atoms with Crippen molar-refractivity contribution in [2.75, 3.05) is 0 Å². The third-order valence-electron chi connectivity index (χ3n) is 3.55. The van der Waals surface area contributed by atoms with E-state index < -0.39 is 5.54 Å². The van der Waals surface area contributed by atoms with Crippen molar-refractivity contribution < 1.29 is 4.79 Å². The molecule has 4 heteroatoms. The fourth-order valence-corrected chi connectivity index (χ4v) is 1.93. The second-order valence-corrected chi connectivity index (χ2v) is 5.58. The summed E-state index contributed by atoms with van der Waals surface area (Å²) in [6, 6.07) is 7.60. The molecule has 18 heavy (non-hydrogen) atoms. The molecule has 2 unspecified atom stereocenters. The number of nitrogens with two attached hydrogens (primary N) is 1. The van der Waals surface area contributed by atoms with E-state index in [9.17, 15) is 4.79 Å². The smallest absolute Gasteiger partial charge is 0.237 e. The summed E-state index contributed by atoms with van der Waals surface area (Å²) in [7, 11) is 0. The Morgan fingerprint density at radius 3 is 2.17 bits per heavy atom. The van der Waals surface area contributed by atoms with Crippen LogP contribution in [-0.4, -0.2) is 11.4 Å². The molecule has 0 saturated carbocycles. The van der Waals surface area contributed by atoms with Crippen LogP contribution in [0.3, 0.4) is 0 Å². The number of carbonyl (C=O) groups excluding carboxylic acids is 1. The van der Waals surface area contributed by atoms with Gasteiger partial charge in [-0.2, -0.15) is 0 Å². The molecule has 0 fully saturated rings. The second kappa shape index (κ2) is 5.72. The lowest BCUT2D eigenvalue weighted by molar-refractivity contribution is -0.125. The summed E-state index contributed by atoms with van der Waals surface area (Å²) in [5.41, 5.74) is 5.85. The predicted molar refractivity (Wildman–Crippen MR) is 75.4 cm³/mol. The fourth-order valence-electron chi connectivity index (χ4n) is 1.81. The topological polar surface area (TPSA) is 55.1 Å². The summed E-state index contributed by atoms with van der Waals surface area (Å²) in [5.74, 6) is -0.219. The van der Waals surface area contributed by atoms with Gasteiger partial charge in [0.25, 0.3) is 0 Å². The molecule has 1 aromatic rings. The average Bonchev–Trinajstić information content (AvgIpc) is 2.29. The lowest BCUT2D eigenvalue weighted by atomic mass is 9.86. The molecule has 0 heterocycles. The lowest BCUT2D eigenvalue weighted by Crippen LogP contribution is -2.57. The molecule has 0 aliphatic rings. The van der Waals surface area contributed by atoms with E-state index in [1.165, 1.54) is 0 Å². The molecule has 0 spiro atoms. The van der Waals surface area contributed by atoms with Crippen molar-refractivity contribution in [2.24, 2.45) is 11.7 Å². The Morgan fingerprint density at radius 1 is 1.28 bits per heavy atom. The first-order chi connectivity index (χ1) is 8.27. The molecule has 0 aliphatic heterocycles. The lowest BCUT2D eigenvalue weighted by Gasteiger charge is -2.34. The molecule has 0 bridgehead atoms. The van der Waals surface area contributed by atoms with Crippen LogP contribution in [0.4, 0.5) is 0 Å². The Hall–Kier alpha value is -1.06. The maximum absolute atomic E-state index is 11.6. The van der Waals surface area contributed by atoms with Gasteiger partial charge in [0.1, 0.15) is 0 Å². The van der Waals surface area contributed by atoms with Gasteiger partial charge in [0.05, 0.1) is 5.54 Å². The van der Waals surface area contributed by atoms with Crippen molar-refractivity contribution >= 4 is 17.5 Å². The zero-order valence-electron chi connectivity index (χ0n) is 11.3. The average molecular weight is 269 g/mol. The molecular formula is C14H21ClN2O. The van der Waals surface area contributed by atoms with E-state index in [0.717, 1.165) is 5.56 Å². The number of hydrogen-bond acceptors (Lipinski definition) is 2. The van der Waals surface area contributed by atoms with Crippen molar-refractivity contribution in [2.45, 2.75) is 39.3 Å². The van der Waals surface area contributed by atoms with Crippen LogP contribution in [0.25, 0.3) is 0 Å². The maximum Gasteiger partial charge on any atom is 0.237 e. The normalized spacial score (nSPS) is 16.3. The van der Waals surface area contributed by atoms with Crippen molar-refractivity contribution in [1.82, 2.24) is 5.32 Å². The Labute approximate surface area is 114 Å². The van der Waals surface area contributed by atoms with Crippen LogP contribution in [-0.2, 0) is 4.79 Å². The van der Waals surface area contributed by atoms with E-state index in [2.05, 4.69) is 5.32 Å². The zero-order valence-corrected chi connectivity index (χ0v) is 12.1. The van der Waals surface area contributed by atoms with Gasteiger partial charge in [0.2, 0.25) is 5.91 Å². The first-order valence-corrected chi connectivity index (χ1v) is 6.48. The van der Waals surface area contributed by atoms with Gasteiger partial charge in [0, 0.05) is 11.1 Å². The molecule has 0 radical (unpaired) electrons. The Kier molecular flexibility index (Phi) is 4.77. The SMILES string of the molecule is CC(NC(C)(C(N)=O)C(C)C)c1ccc(Cl)cc1. The number of carbonyl (C=O) groups is 1. The van der Waals surface area contributed by atoms with Gasteiger partial charge in [-0.3, -0.25) is 10.1 Å². The van der Waals surface area contributed by atoms with Crippen molar-refractivity contribution in [1.29, 1.82) is 0 Å². The number of amides is 1. The van der Waals surface area contributed by atoms with Crippen LogP contribution in [0, 0.1) is 5.92 Å². The van der Waals surface area contributed by atoms with E-state index in [0.29, 0.717) is 5.02 Å². The predicted octanol–water partition coefficient (Wildman–Crippen LogP) is 2.89. The van der Waals surface area contributed by atoms with Crippen LogP contribution in [0.5, 0.6) is 0 Å². The number of nitrogens with one attached hydrogen (secondary N) is 1. The monoisotopic (exact) mass is 268 g/mol. The van der Waals surface area contributed by atoms with Gasteiger partial charge < -0.3 is 5.73 Å². The number of halogens is 1. The highest BCUT2D eigenvalue weighted by Gasteiger charge is 2.35. The van der Waals surface area contributed by atoms with Crippen LogP contribution in [0.2, 0.25) is 5.02 Å². The molecular weight excluding hydrogens is 248 g/mol. The first-order valence-electron chi connectivity index (χ1n) is 6.10. The van der Waals surface area contributed by atoms with E-state index in [4.69, 9.17) is 17.3 Å².